The molecule has 0 atom stereocenters. The van der Waals surface area contributed by atoms with Gasteiger partial charge in [0.1, 0.15) is 0 Å². The fraction of sp³-hybridized carbons (Fsp3) is 0.217. The highest BCUT2D eigenvalue weighted by Gasteiger charge is 2.19. The van der Waals surface area contributed by atoms with Gasteiger partial charge in [0.05, 0.1) is 13.2 Å². The maximum atomic E-state index is 5.38. The van der Waals surface area contributed by atoms with Gasteiger partial charge >= 0.3 is 0 Å². The molecule has 0 heterocycles. The van der Waals surface area contributed by atoms with Crippen molar-refractivity contribution < 1.29 is 9.47 Å². The molecule has 0 fully saturated rings. The van der Waals surface area contributed by atoms with Crippen molar-refractivity contribution in [3.05, 3.63) is 166 Å². The van der Waals surface area contributed by atoms with Gasteiger partial charge in [0.25, 0.3) is 0 Å². The van der Waals surface area contributed by atoms with Crippen molar-refractivity contribution in [2.75, 3.05) is 24.0 Å². The minimum atomic E-state index is 0.596. The van der Waals surface area contributed by atoms with Gasteiger partial charge in [-0.3, -0.25) is 0 Å². The van der Waals surface area contributed by atoms with E-state index in [-0.39, 0.29) is 0 Å². The summed E-state index contributed by atoms with van der Waals surface area (Å²) in [5.41, 5.74) is 19.1. The van der Waals surface area contributed by atoms with Crippen LogP contribution in [-0.2, 0) is 22.7 Å². The summed E-state index contributed by atoms with van der Waals surface area (Å²) < 4.78 is 10.8. The number of hydrogen-bond acceptors (Lipinski definition) is 4. The van der Waals surface area contributed by atoms with Gasteiger partial charge in [-0.05, 0) is 170 Å². The largest absolute Gasteiger partial charge is 0.380 e. The Balaban J connectivity index is 1.38. The second-order valence-corrected chi connectivity index (χ2v) is 13.4. The standard InChI is InChI=1S/C46H48N2O2/c1-31-9-17-43(27-33(31)3)47(41-19-11-37(12-20-41)29-49-7)45-23-15-39(25-35(45)5)40-16-24-46(36(6)26-40)48(44-18-10-32(2)34(4)28-44)42-21-13-38(14-22-42)30-50-8/h9-28H,29-30H2,1-8H3. The van der Waals surface area contributed by atoms with Crippen LogP contribution in [0.15, 0.2) is 121 Å². The van der Waals surface area contributed by atoms with Crippen molar-refractivity contribution in [2.24, 2.45) is 0 Å². The molecule has 6 aromatic rings. The van der Waals surface area contributed by atoms with Gasteiger partial charge in [-0.2, -0.15) is 0 Å². The zero-order chi connectivity index (χ0) is 35.4. The summed E-state index contributed by atoms with van der Waals surface area (Å²) in [7, 11) is 3.47. The van der Waals surface area contributed by atoms with Gasteiger partial charge < -0.3 is 19.3 Å². The van der Waals surface area contributed by atoms with Crippen molar-refractivity contribution in [2.45, 2.75) is 54.8 Å². The van der Waals surface area contributed by atoms with Gasteiger partial charge in [0.2, 0.25) is 0 Å². The molecule has 254 valence electrons. The molecule has 4 heteroatoms. The Morgan fingerprint density at radius 1 is 0.360 bits per heavy atom. The lowest BCUT2D eigenvalue weighted by Gasteiger charge is -2.29. The molecule has 0 aliphatic heterocycles. The molecule has 0 saturated carbocycles. The summed E-state index contributed by atoms with van der Waals surface area (Å²) >= 11 is 0. The first-order valence-corrected chi connectivity index (χ1v) is 17.3. The van der Waals surface area contributed by atoms with Crippen molar-refractivity contribution in [1.29, 1.82) is 0 Å². The van der Waals surface area contributed by atoms with Crippen LogP contribution in [0, 0.1) is 41.5 Å². The molecule has 0 N–H and O–H groups in total. The predicted molar refractivity (Wildman–Crippen MR) is 211 cm³/mol. The molecule has 0 radical (unpaired) electrons. The quantitative estimate of drug-likeness (QED) is 0.138. The second-order valence-electron chi connectivity index (χ2n) is 13.4. The van der Waals surface area contributed by atoms with E-state index in [1.807, 2.05) is 0 Å². The van der Waals surface area contributed by atoms with Crippen LogP contribution in [-0.4, -0.2) is 14.2 Å². The van der Waals surface area contributed by atoms with E-state index in [4.69, 9.17) is 9.47 Å². The highest BCUT2D eigenvalue weighted by atomic mass is 16.5. The second kappa shape index (κ2) is 15.2. The highest BCUT2D eigenvalue weighted by molar-refractivity contribution is 5.83. The van der Waals surface area contributed by atoms with Crippen LogP contribution in [0.5, 0.6) is 0 Å². The van der Waals surface area contributed by atoms with Crippen molar-refractivity contribution in [3.8, 4) is 11.1 Å². The third-order valence-electron chi connectivity index (χ3n) is 9.72. The number of aryl methyl sites for hydroxylation is 6. The Hall–Kier alpha value is -5.16. The Kier molecular flexibility index (Phi) is 10.5. The van der Waals surface area contributed by atoms with Crippen LogP contribution in [0.2, 0.25) is 0 Å². The molecule has 0 bridgehead atoms. The molecule has 0 aliphatic rings. The lowest BCUT2D eigenvalue weighted by atomic mass is 9.98. The maximum absolute atomic E-state index is 5.38. The molecule has 0 aromatic heterocycles. The number of rotatable bonds is 11. The number of hydrogen-bond donors (Lipinski definition) is 0. The molecule has 0 aliphatic carbocycles. The van der Waals surface area contributed by atoms with Crippen molar-refractivity contribution in [3.63, 3.8) is 0 Å². The van der Waals surface area contributed by atoms with E-state index in [0.29, 0.717) is 13.2 Å². The van der Waals surface area contributed by atoms with Crippen LogP contribution < -0.4 is 9.80 Å². The average Bonchev–Trinajstić information content (AvgIpc) is 3.11. The van der Waals surface area contributed by atoms with Gasteiger partial charge in [-0.1, -0.05) is 48.5 Å². The number of ether oxygens (including phenoxy) is 2. The van der Waals surface area contributed by atoms with Crippen LogP contribution in [0.3, 0.4) is 0 Å². The molecule has 0 saturated heterocycles. The Bertz CT molecular complexity index is 1950. The monoisotopic (exact) mass is 660 g/mol. The minimum absolute atomic E-state index is 0.596. The van der Waals surface area contributed by atoms with Crippen molar-refractivity contribution in [1.82, 2.24) is 0 Å². The SMILES string of the molecule is COCc1ccc(N(c2ccc(C)c(C)c2)c2ccc(-c3ccc(N(c4ccc(COC)cc4)c4ccc(C)c(C)c4)c(C)c3)cc2C)cc1. The molecule has 6 aromatic carbocycles. The van der Waals surface area contributed by atoms with Crippen LogP contribution >= 0.6 is 0 Å². The molecular formula is C46H48N2O2. The Morgan fingerprint density at radius 2 is 0.720 bits per heavy atom. The van der Waals surface area contributed by atoms with E-state index >= 15 is 0 Å². The fourth-order valence-electron chi connectivity index (χ4n) is 6.57. The average molecular weight is 661 g/mol. The summed E-state index contributed by atoms with van der Waals surface area (Å²) in [6.45, 7) is 14.3. The van der Waals surface area contributed by atoms with Gasteiger partial charge in [0.15, 0.2) is 0 Å². The van der Waals surface area contributed by atoms with Gasteiger partial charge in [0, 0.05) is 48.3 Å². The van der Waals surface area contributed by atoms with E-state index < -0.39 is 0 Å². The fourth-order valence-corrected chi connectivity index (χ4v) is 6.57. The van der Waals surface area contributed by atoms with Crippen molar-refractivity contribution >= 4 is 34.1 Å². The van der Waals surface area contributed by atoms with E-state index in [0.717, 1.165) is 45.3 Å². The number of benzene rings is 6. The lowest BCUT2D eigenvalue weighted by Crippen LogP contribution is -2.12. The molecule has 0 unspecified atom stereocenters. The van der Waals surface area contributed by atoms with Crippen LogP contribution in [0.1, 0.15) is 44.5 Å². The zero-order valence-electron chi connectivity index (χ0n) is 30.7. The predicted octanol–water partition coefficient (Wildman–Crippen LogP) is 12.4. The smallest absolute Gasteiger partial charge is 0.0713 e. The zero-order valence-corrected chi connectivity index (χ0v) is 30.7. The summed E-state index contributed by atoms with van der Waals surface area (Å²) in [6, 6.07) is 44.4. The maximum Gasteiger partial charge on any atom is 0.0713 e. The normalized spacial score (nSPS) is 11.1. The van der Waals surface area contributed by atoms with E-state index in [2.05, 4.69) is 173 Å². The first-order valence-electron chi connectivity index (χ1n) is 17.3. The summed E-state index contributed by atoms with van der Waals surface area (Å²) in [6.07, 6.45) is 0. The van der Waals surface area contributed by atoms with Gasteiger partial charge in [-0.15, -0.1) is 0 Å². The summed E-state index contributed by atoms with van der Waals surface area (Å²) in [5, 5.41) is 0. The minimum Gasteiger partial charge on any atom is -0.380 e. The van der Waals surface area contributed by atoms with Crippen LogP contribution in [0.4, 0.5) is 34.1 Å². The number of anilines is 6. The number of methoxy groups -OCH3 is 2. The molecule has 6 rings (SSSR count). The van der Waals surface area contributed by atoms with Crippen LogP contribution in [0.25, 0.3) is 11.1 Å². The third-order valence-corrected chi connectivity index (χ3v) is 9.72. The summed E-state index contributed by atoms with van der Waals surface area (Å²) in [4.78, 5) is 4.71. The number of nitrogens with zero attached hydrogens (tertiary/aromatic N) is 2. The lowest BCUT2D eigenvalue weighted by molar-refractivity contribution is 0.185. The summed E-state index contributed by atoms with van der Waals surface area (Å²) in [5.74, 6) is 0. The molecule has 0 spiro atoms. The first kappa shape index (κ1) is 34.7. The molecule has 50 heavy (non-hydrogen) atoms. The van der Waals surface area contributed by atoms with E-state index in [1.54, 1.807) is 14.2 Å². The Morgan fingerprint density at radius 3 is 1.04 bits per heavy atom. The topological polar surface area (TPSA) is 24.9 Å². The molecule has 0 amide bonds. The molecular weight excluding hydrogens is 613 g/mol. The van der Waals surface area contributed by atoms with E-state index in [9.17, 15) is 0 Å². The highest BCUT2D eigenvalue weighted by Crippen LogP contribution is 2.41. The van der Waals surface area contributed by atoms with E-state index in [1.165, 1.54) is 44.5 Å². The first-order chi connectivity index (χ1) is 24.2. The third kappa shape index (κ3) is 7.38. The molecule has 4 nitrogen and oxygen atoms in total. The van der Waals surface area contributed by atoms with Gasteiger partial charge in [-0.25, -0.2) is 0 Å². The Labute approximate surface area is 298 Å².